The Labute approximate surface area is 193 Å². The lowest BCUT2D eigenvalue weighted by molar-refractivity contribution is -0.192. The summed E-state index contributed by atoms with van der Waals surface area (Å²) in [5, 5.41) is 19.5. The van der Waals surface area contributed by atoms with Gasteiger partial charge in [0.05, 0.1) is 18.4 Å². The molecule has 3 N–H and O–H groups in total. The first-order valence-electron chi connectivity index (χ1n) is 10.3. The lowest BCUT2D eigenvalue weighted by atomic mass is 9.98. The number of nitrogens with one attached hydrogen (secondary N) is 1. The summed E-state index contributed by atoms with van der Waals surface area (Å²) in [7, 11) is 1.56. The molecule has 0 atom stereocenters. The number of alkyl halides is 3. The van der Waals surface area contributed by atoms with E-state index in [2.05, 4.69) is 17.1 Å². The average Bonchev–Trinajstić information content (AvgIpc) is 2.79. The first kappa shape index (κ1) is 26.5. The van der Waals surface area contributed by atoms with Crippen molar-refractivity contribution in [2.24, 2.45) is 5.92 Å². The van der Waals surface area contributed by atoms with Crippen LogP contribution in [-0.2, 0) is 4.79 Å². The Kier molecular flexibility index (Phi) is 8.88. The highest BCUT2D eigenvalue weighted by molar-refractivity contribution is 6.05. The average molecular weight is 482 g/mol. The molecule has 0 aromatic heterocycles. The minimum absolute atomic E-state index is 0.206. The number of carbonyl (C=O) groups excluding carboxylic acids is 1. The topological polar surface area (TPSA) is 116 Å². The summed E-state index contributed by atoms with van der Waals surface area (Å²) >= 11 is 0. The molecular weight excluding hydrogens is 457 g/mol. The fraction of sp³-hybridized carbons (Fsp3) is 0.348. The van der Waals surface area contributed by atoms with Gasteiger partial charge in [0.2, 0.25) is 0 Å². The normalized spacial score (nSPS) is 14.0. The van der Waals surface area contributed by atoms with Crippen LogP contribution in [0.5, 0.6) is 5.75 Å². The third-order valence-electron chi connectivity index (χ3n) is 5.20. The Morgan fingerprint density at radius 1 is 1.03 bits per heavy atom. The summed E-state index contributed by atoms with van der Waals surface area (Å²) in [6.45, 7) is 3.91. The molecule has 1 aliphatic rings. The molecule has 0 unspecified atom stereocenters. The number of piperidine rings is 1. The number of halogens is 3. The number of ether oxygens (including phenoxy) is 1. The van der Waals surface area contributed by atoms with Crippen molar-refractivity contribution in [3.05, 3.63) is 53.6 Å². The Morgan fingerprint density at radius 2 is 1.59 bits per heavy atom. The molecule has 2 aromatic rings. The summed E-state index contributed by atoms with van der Waals surface area (Å²) < 4.78 is 36.8. The molecule has 11 heteroatoms. The molecule has 1 aliphatic heterocycles. The summed E-state index contributed by atoms with van der Waals surface area (Å²) in [4.78, 5) is 35.2. The zero-order chi connectivity index (χ0) is 25.5. The van der Waals surface area contributed by atoms with Gasteiger partial charge in [0, 0.05) is 24.3 Å². The maximum atomic E-state index is 12.4. The smallest absolute Gasteiger partial charge is 0.490 e. The highest BCUT2D eigenvalue weighted by Crippen LogP contribution is 2.29. The molecule has 1 saturated heterocycles. The van der Waals surface area contributed by atoms with Gasteiger partial charge in [-0.25, -0.2) is 9.59 Å². The van der Waals surface area contributed by atoms with Gasteiger partial charge in [0.1, 0.15) is 5.75 Å². The minimum atomic E-state index is -5.08. The summed E-state index contributed by atoms with van der Waals surface area (Å²) in [6, 6.07) is 11.8. The van der Waals surface area contributed by atoms with Crippen LogP contribution in [0.15, 0.2) is 42.5 Å². The number of benzene rings is 2. The quantitative estimate of drug-likeness (QED) is 0.574. The molecule has 1 heterocycles. The molecule has 3 rings (SSSR count). The second-order valence-electron chi connectivity index (χ2n) is 7.69. The second-order valence-corrected chi connectivity index (χ2v) is 7.69. The molecule has 8 nitrogen and oxygen atoms in total. The molecule has 1 fully saturated rings. The maximum absolute atomic E-state index is 12.4. The Hall–Kier alpha value is -3.76. The largest absolute Gasteiger partial charge is 0.497 e. The monoisotopic (exact) mass is 482 g/mol. The van der Waals surface area contributed by atoms with Gasteiger partial charge in [-0.2, -0.15) is 13.2 Å². The highest BCUT2D eigenvalue weighted by atomic mass is 19.4. The van der Waals surface area contributed by atoms with Gasteiger partial charge in [-0.05, 0) is 61.2 Å². The molecule has 0 radical (unpaired) electrons. The lowest BCUT2D eigenvalue weighted by Gasteiger charge is -2.33. The summed E-state index contributed by atoms with van der Waals surface area (Å²) in [5.41, 5.74) is 1.85. The predicted octanol–water partition coefficient (Wildman–Crippen LogP) is 4.52. The van der Waals surface area contributed by atoms with E-state index < -0.39 is 18.1 Å². The van der Waals surface area contributed by atoms with E-state index in [1.54, 1.807) is 43.5 Å². The van der Waals surface area contributed by atoms with Gasteiger partial charge in [-0.3, -0.25) is 4.79 Å². The van der Waals surface area contributed by atoms with Crippen LogP contribution in [0.1, 0.15) is 40.5 Å². The van der Waals surface area contributed by atoms with E-state index in [4.69, 9.17) is 14.6 Å². The van der Waals surface area contributed by atoms with E-state index in [1.165, 1.54) is 6.07 Å². The summed E-state index contributed by atoms with van der Waals surface area (Å²) in [6.07, 6.45) is -2.98. The van der Waals surface area contributed by atoms with Crippen molar-refractivity contribution in [3.63, 3.8) is 0 Å². The van der Waals surface area contributed by atoms with Gasteiger partial charge in [-0.1, -0.05) is 6.92 Å². The van der Waals surface area contributed by atoms with Crippen LogP contribution < -0.4 is 15.0 Å². The van der Waals surface area contributed by atoms with Gasteiger partial charge in [0.15, 0.2) is 0 Å². The fourth-order valence-corrected chi connectivity index (χ4v) is 3.26. The van der Waals surface area contributed by atoms with Crippen molar-refractivity contribution in [1.82, 2.24) is 0 Å². The minimum Gasteiger partial charge on any atom is -0.497 e. The van der Waals surface area contributed by atoms with Crippen LogP contribution in [-0.4, -0.2) is 54.4 Å². The Bertz CT molecular complexity index is 1020. The lowest BCUT2D eigenvalue weighted by Crippen LogP contribution is -2.33. The number of nitrogens with zero attached hydrogens (tertiary/aromatic N) is 1. The number of carboxylic acids is 2. The van der Waals surface area contributed by atoms with Crippen LogP contribution in [0.2, 0.25) is 0 Å². The van der Waals surface area contributed by atoms with Crippen LogP contribution in [0.3, 0.4) is 0 Å². The number of anilines is 2. The summed E-state index contributed by atoms with van der Waals surface area (Å²) in [5.74, 6) is -2.72. The molecule has 2 aromatic carbocycles. The number of rotatable bonds is 5. The van der Waals surface area contributed by atoms with E-state index >= 15 is 0 Å². The number of aliphatic carboxylic acids is 1. The molecule has 184 valence electrons. The van der Waals surface area contributed by atoms with Crippen molar-refractivity contribution in [3.8, 4) is 5.75 Å². The zero-order valence-corrected chi connectivity index (χ0v) is 18.6. The van der Waals surface area contributed by atoms with E-state index in [-0.39, 0.29) is 11.5 Å². The number of hydrogen-bond donors (Lipinski definition) is 3. The first-order valence-corrected chi connectivity index (χ1v) is 10.3. The third kappa shape index (κ3) is 7.39. The van der Waals surface area contributed by atoms with E-state index in [0.29, 0.717) is 28.6 Å². The molecule has 0 bridgehead atoms. The fourth-order valence-electron chi connectivity index (χ4n) is 3.26. The van der Waals surface area contributed by atoms with Gasteiger partial charge >= 0.3 is 18.1 Å². The predicted molar refractivity (Wildman–Crippen MR) is 119 cm³/mol. The first-order chi connectivity index (χ1) is 15.9. The van der Waals surface area contributed by atoms with E-state index in [9.17, 15) is 27.9 Å². The SMILES string of the molecule is COc1ccc(C(=O)Nc2ccc(N3CCC(C)CC3)c(C(=O)O)c2)cc1.O=C(O)C(F)(F)F. The van der Waals surface area contributed by atoms with Crippen LogP contribution in [0, 0.1) is 5.92 Å². The second kappa shape index (κ2) is 11.4. The number of carboxylic acid groups (broad SMARTS) is 2. The molecule has 0 aliphatic carbocycles. The number of methoxy groups -OCH3 is 1. The van der Waals surface area contributed by atoms with Crippen molar-refractivity contribution >= 4 is 29.2 Å². The molecule has 0 saturated carbocycles. The molecule has 1 amide bonds. The molecule has 0 spiro atoms. The molecule has 34 heavy (non-hydrogen) atoms. The van der Waals surface area contributed by atoms with Gasteiger partial charge in [0.25, 0.3) is 5.91 Å². The van der Waals surface area contributed by atoms with Crippen LogP contribution in [0.25, 0.3) is 0 Å². The van der Waals surface area contributed by atoms with Crippen LogP contribution in [0.4, 0.5) is 24.5 Å². The Morgan fingerprint density at radius 3 is 2.06 bits per heavy atom. The van der Waals surface area contributed by atoms with Gasteiger partial charge in [-0.15, -0.1) is 0 Å². The van der Waals surface area contributed by atoms with E-state index in [0.717, 1.165) is 25.9 Å². The van der Waals surface area contributed by atoms with Crippen molar-refractivity contribution in [2.45, 2.75) is 25.9 Å². The number of aromatic carboxylic acids is 1. The maximum Gasteiger partial charge on any atom is 0.490 e. The zero-order valence-electron chi connectivity index (χ0n) is 18.6. The highest BCUT2D eigenvalue weighted by Gasteiger charge is 2.38. The van der Waals surface area contributed by atoms with Crippen LogP contribution >= 0.6 is 0 Å². The standard InChI is InChI=1S/C21H24N2O4.C2HF3O2/c1-14-9-11-23(12-10-14)19-8-5-16(13-18(19)21(25)26)22-20(24)15-3-6-17(27-2)7-4-15;3-2(4,5)1(6)7/h3-8,13-14H,9-12H2,1-2H3,(H,22,24)(H,25,26);(H,6,7). The molecular formula is C23H25F3N2O6. The van der Waals surface area contributed by atoms with Crippen molar-refractivity contribution in [2.75, 3.05) is 30.4 Å². The number of amides is 1. The third-order valence-corrected chi connectivity index (χ3v) is 5.20. The number of carbonyl (C=O) groups is 3. The van der Waals surface area contributed by atoms with Gasteiger partial charge < -0.3 is 25.2 Å². The van der Waals surface area contributed by atoms with Crippen molar-refractivity contribution < 1.29 is 42.5 Å². The Balaban J connectivity index is 0.000000509. The number of hydrogen-bond acceptors (Lipinski definition) is 5. The van der Waals surface area contributed by atoms with Crippen molar-refractivity contribution in [1.29, 1.82) is 0 Å². The van der Waals surface area contributed by atoms with E-state index in [1.807, 2.05) is 0 Å².